The fraction of sp³-hybridized carbons (Fsp3) is 0.125. The standard InChI is InChI=1S/C16H11F3O2S/c1-21-15(22)13-5-3-2-4-12(13)14-8-11(16(17,18)19)7-6-10(14)9-20/h2-9H,1H3. The van der Waals surface area contributed by atoms with Gasteiger partial charge in [-0.05, 0) is 41.5 Å². The van der Waals surface area contributed by atoms with Crippen molar-refractivity contribution < 1.29 is 22.7 Å². The van der Waals surface area contributed by atoms with Gasteiger partial charge >= 0.3 is 6.18 Å². The number of rotatable bonds is 3. The van der Waals surface area contributed by atoms with E-state index in [1.807, 2.05) is 0 Å². The van der Waals surface area contributed by atoms with Crippen LogP contribution >= 0.6 is 12.2 Å². The molecule has 2 aromatic carbocycles. The van der Waals surface area contributed by atoms with Gasteiger partial charge in [0.15, 0.2) is 11.3 Å². The van der Waals surface area contributed by atoms with Gasteiger partial charge in [-0.2, -0.15) is 13.2 Å². The highest BCUT2D eigenvalue weighted by Gasteiger charge is 2.31. The van der Waals surface area contributed by atoms with Crippen LogP contribution in [0.3, 0.4) is 0 Å². The van der Waals surface area contributed by atoms with Crippen LogP contribution < -0.4 is 0 Å². The molecule has 22 heavy (non-hydrogen) atoms. The normalized spacial score (nSPS) is 11.1. The first-order valence-electron chi connectivity index (χ1n) is 6.22. The maximum Gasteiger partial charge on any atom is 0.416 e. The molecule has 0 amide bonds. The Labute approximate surface area is 130 Å². The molecule has 0 aromatic heterocycles. The average molecular weight is 324 g/mol. The van der Waals surface area contributed by atoms with Crippen LogP contribution in [0.2, 0.25) is 0 Å². The number of hydrogen-bond donors (Lipinski definition) is 0. The molecule has 0 spiro atoms. The van der Waals surface area contributed by atoms with Crippen molar-refractivity contribution in [3.05, 3.63) is 59.2 Å². The fourth-order valence-corrected chi connectivity index (χ4v) is 2.25. The number of benzene rings is 2. The van der Waals surface area contributed by atoms with Crippen LogP contribution in [-0.4, -0.2) is 18.4 Å². The maximum absolute atomic E-state index is 12.9. The van der Waals surface area contributed by atoms with E-state index in [2.05, 4.69) is 0 Å². The molecule has 0 aliphatic heterocycles. The van der Waals surface area contributed by atoms with Gasteiger partial charge < -0.3 is 4.74 Å². The lowest BCUT2D eigenvalue weighted by atomic mass is 9.94. The number of carbonyl (C=O) groups excluding carboxylic acids is 1. The van der Waals surface area contributed by atoms with Crippen LogP contribution in [0.25, 0.3) is 11.1 Å². The molecule has 6 heteroatoms. The van der Waals surface area contributed by atoms with Gasteiger partial charge in [0.25, 0.3) is 0 Å². The Morgan fingerprint density at radius 1 is 1.14 bits per heavy atom. The first-order chi connectivity index (χ1) is 10.4. The predicted molar refractivity (Wildman–Crippen MR) is 81.0 cm³/mol. The number of halogens is 3. The van der Waals surface area contributed by atoms with Crippen LogP contribution in [0, 0.1) is 0 Å². The molecule has 0 atom stereocenters. The molecule has 0 fully saturated rings. The zero-order valence-electron chi connectivity index (χ0n) is 11.5. The SMILES string of the molecule is COC(=S)c1ccccc1-c1cc(C(F)(F)F)ccc1C=O. The molecular weight excluding hydrogens is 313 g/mol. The van der Waals surface area contributed by atoms with Crippen molar-refractivity contribution in [1.82, 2.24) is 0 Å². The van der Waals surface area contributed by atoms with Crippen molar-refractivity contribution in [3.63, 3.8) is 0 Å². The van der Waals surface area contributed by atoms with Crippen molar-refractivity contribution >= 4 is 23.6 Å². The number of thiocarbonyl (C=S) groups is 1. The summed E-state index contributed by atoms with van der Waals surface area (Å²) in [4.78, 5) is 11.2. The van der Waals surface area contributed by atoms with E-state index in [0.717, 1.165) is 18.2 Å². The van der Waals surface area contributed by atoms with Gasteiger partial charge in [-0.1, -0.05) is 24.3 Å². The molecule has 114 valence electrons. The molecule has 0 unspecified atom stereocenters. The van der Waals surface area contributed by atoms with Gasteiger partial charge in [0.2, 0.25) is 0 Å². The summed E-state index contributed by atoms with van der Waals surface area (Å²) in [5.74, 6) is 0. The van der Waals surface area contributed by atoms with E-state index in [9.17, 15) is 18.0 Å². The van der Waals surface area contributed by atoms with Crippen molar-refractivity contribution in [2.75, 3.05) is 7.11 Å². The molecule has 0 radical (unpaired) electrons. The third-order valence-corrected chi connectivity index (χ3v) is 3.52. The molecule has 2 rings (SSSR count). The zero-order valence-corrected chi connectivity index (χ0v) is 12.3. The van der Waals surface area contributed by atoms with Crippen molar-refractivity contribution in [2.45, 2.75) is 6.18 Å². The Bertz CT molecular complexity index is 724. The summed E-state index contributed by atoms with van der Waals surface area (Å²) in [6.07, 6.45) is -3.98. The Balaban J connectivity index is 2.71. The fourth-order valence-electron chi connectivity index (χ4n) is 2.07. The van der Waals surface area contributed by atoms with E-state index in [-0.39, 0.29) is 16.2 Å². The average Bonchev–Trinajstić information content (AvgIpc) is 2.52. The minimum Gasteiger partial charge on any atom is -0.486 e. The van der Waals surface area contributed by atoms with Crippen molar-refractivity contribution in [3.8, 4) is 11.1 Å². The van der Waals surface area contributed by atoms with Gasteiger partial charge in [0, 0.05) is 11.1 Å². The number of aldehydes is 1. The summed E-state index contributed by atoms with van der Waals surface area (Å²) in [6, 6.07) is 9.56. The lowest BCUT2D eigenvalue weighted by Crippen LogP contribution is -2.07. The topological polar surface area (TPSA) is 26.3 Å². The molecule has 2 aromatic rings. The summed E-state index contributed by atoms with van der Waals surface area (Å²) < 4.78 is 43.7. The second-order valence-electron chi connectivity index (χ2n) is 4.45. The lowest BCUT2D eigenvalue weighted by molar-refractivity contribution is -0.137. The van der Waals surface area contributed by atoms with Crippen LogP contribution in [0.4, 0.5) is 13.2 Å². The quantitative estimate of drug-likeness (QED) is 0.614. The molecule has 0 aliphatic carbocycles. The molecular formula is C16H11F3O2S. The van der Waals surface area contributed by atoms with Gasteiger partial charge in [-0.3, -0.25) is 4.79 Å². The van der Waals surface area contributed by atoms with E-state index in [1.165, 1.54) is 7.11 Å². The smallest absolute Gasteiger partial charge is 0.416 e. The molecule has 2 nitrogen and oxygen atoms in total. The second kappa shape index (κ2) is 6.27. The maximum atomic E-state index is 12.9. The first-order valence-corrected chi connectivity index (χ1v) is 6.63. The van der Waals surface area contributed by atoms with Crippen molar-refractivity contribution in [2.24, 2.45) is 0 Å². The van der Waals surface area contributed by atoms with Crippen LogP contribution in [0.1, 0.15) is 21.5 Å². The second-order valence-corrected chi connectivity index (χ2v) is 4.83. The first kappa shape index (κ1) is 16.2. The number of ether oxygens (including phenoxy) is 1. The molecule has 0 saturated heterocycles. The van der Waals surface area contributed by atoms with Crippen LogP contribution in [-0.2, 0) is 10.9 Å². The summed E-state index contributed by atoms with van der Waals surface area (Å²) in [5.41, 5.74) is 0.371. The third-order valence-electron chi connectivity index (χ3n) is 3.13. The van der Waals surface area contributed by atoms with Crippen LogP contribution in [0.15, 0.2) is 42.5 Å². The summed E-state index contributed by atoms with van der Waals surface area (Å²) in [5, 5.41) is 0.143. The van der Waals surface area contributed by atoms with E-state index >= 15 is 0 Å². The Morgan fingerprint density at radius 3 is 2.41 bits per heavy atom. The number of hydrogen-bond acceptors (Lipinski definition) is 3. The van der Waals surface area contributed by atoms with Gasteiger partial charge in [0.05, 0.1) is 12.7 Å². The molecule has 0 N–H and O–H groups in total. The van der Waals surface area contributed by atoms with E-state index in [0.29, 0.717) is 17.4 Å². The largest absolute Gasteiger partial charge is 0.486 e. The van der Waals surface area contributed by atoms with E-state index in [1.54, 1.807) is 24.3 Å². The highest BCUT2D eigenvalue weighted by molar-refractivity contribution is 7.80. The van der Waals surface area contributed by atoms with Crippen molar-refractivity contribution in [1.29, 1.82) is 0 Å². The molecule has 0 saturated carbocycles. The molecule has 0 heterocycles. The summed E-state index contributed by atoms with van der Waals surface area (Å²) in [7, 11) is 1.38. The minimum atomic E-state index is -4.49. The number of alkyl halides is 3. The highest BCUT2D eigenvalue weighted by atomic mass is 32.1. The van der Waals surface area contributed by atoms with Gasteiger partial charge in [-0.25, -0.2) is 0 Å². The van der Waals surface area contributed by atoms with Crippen LogP contribution in [0.5, 0.6) is 0 Å². The number of methoxy groups -OCH3 is 1. The Morgan fingerprint density at radius 2 is 1.82 bits per heavy atom. The lowest BCUT2D eigenvalue weighted by Gasteiger charge is -2.14. The zero-order chi connectivity index (χ0) is 16.3. The minimum absolute atomic E-state index is 0.143. The Kier molecular flexibility index (Phi) is 4.61. The predicted octanol–water partition coefficient (Wildman–Crippen LogP) is 4.51. The van der Waals surface area contributed by atoms with E-state index < -0.39 is 11.7 Å². The highest BCUT2D eigenvalue weighted by Crippen LogP contribution is 2.35. The van der Waals surface area contributed by atoms with Gasteiger partial charge in [-0.15, -0.1) is 0 Å². The summed E-state index contributed by atoms with van der Waals surface area (Å²) >= 11 is 5.06. The third kappa shape index (κ3) is 3.17. The molecule has 0 aliphatic rings. The number of carbonyl (C=O) groups is 1. The molecule has 0 bridgehead atoms. The van der Waals surface area contributed by atoms with Gasteiger partial charge in [0.1, 0.15) is 0 Å². The summed E-state index contributed by atoms with van der Waals surface area (Å²) in [6.45, 7) is 0. The Hall–Kier alpha value is -2.21. The van der Waals surface area contributed by atoms with E-state index in [4.69, 9.17) is 17.0 Å². The monoisotopic (exact) mass is 324 g/mol.